The van der Waals surface area contributed by atoms with Gasteiger partial charge in [-0.3, -0.25) is 15.0 Å². The summed E-state index contributed by atoms with van der Waals surface area (Å²) in [7, 11) is 0. The van der Waals surface area contributed by atoms with E-state index in [-0.39, 0.29) is 5.17 Å². The fraction of sp³-hybridized carbons (Fsp3) is 0.300. The molecular formula is C20H20N4O3S. The zero-order valence-electron chi connectivity index (χ0n) is 15.7. The maximum atomic E-state index is 12.6. The minimum absolute atomic E-state index is 0.0683. The monoisotopic (exact) mass is 396 g/mol. The molecule has 2 amide bonds. The second kappa shape index (κ2) is 7.37. The largest absolute Gasteiger partial charge is 0.378 e. The molecule has 144 valence electrons. The number of rotatable bonds is 2. The number of aryl methyl sites for hydroxylation is 1. The molecule has 0 spiro atoms. The van der Waals surface area contributed by atoms with Gasteiger partial charge in [0.15, 0.2) is 5.17 Å². The molecule has 0 aliphatic carbocycles. The normalized spacial score (nSPS) is 19.1. The lowest BCUT2D eigenvalue weighted by atomic mass is 10.1. The third-order valence-corrected chi connectivity index (χ3v) is 5.68. The molecule has 4 rings (SSSR count). The first kappa shape index (κ1) is 18.6. The van der Waals surface area contributed by atoms with E-state index in [0.717, 1.165) is 57.6 Å². The highest BCUT2D eigenvalue weighted by Crippen LogP contribution is 2.35. The smallest absolute Gasteiger partial charge is 0.273 e. The van der Waals surface area contributed by atoms with Crippen molar-refractivity contribution in [1.82, 2.24) is 9.88 Å². The molecule has 1 N–H and O–H groups in total. The Hall–Kier alpha value is -2.71. The van der Waals surface area contributed by atoms with Crippen LogP contribution in [-0.2, 0) is 14.3 Å². The molecule has 0 atom stereocenters. The van der Waals surface area contributed by atoms with E-state index in [1.807, 2.05) is 31.2 Å². The summed E-state index contributed by atoms with van der Waals surface area (Å²) in [4.78, 5) is 32.6. The van der Waals surface area contributed by atoms with Gasteiger partial charge in [-0.1, -0.05) is 18.2 Å². The number of aromatic nitrogens is 1. The van der Waals surface area contributed by atoms with Gasteiger partial charge in [-0.25, -0.2) is 9.88 Å². The van der Waals surface area contributed by atoms with Crippen LogP contribution in [0, 0.1) is 12.3 Å². The minimum atomic E-state index is -0.459. The Kier molecular flexibility index (Phi) is 4.91. The number of pyridine rings is 1. The Labute approximate surface area is 166 Å². The molecule has 0 radical (unpaired) electrons. The van der Waals surface area contributed by atoms with Crippen molar-refractivity contribution in [1.29, 1.82) is 5.41 Å². The van der Waals surface area contributed by atoms with Crippen LogP contribution in [0.3, 0.4) is 0 Å². The molecule has 7 nitrogen and oxygen atoms in total. The van der Waals surface area contributed by atoms with Crippen molar-refractivity contribution >= 4 is 51.5 Å². The highest BCUT2D eigenvalue weighted by molar-refractivity contribution is 8.18. The van der Waals surface area contributed by atoms with E-state index in [4.69, 9.17) is 15.1 Å². The Balaban J connectivity index is 1.84. The molecule has 1 aromatic heterocycles. The van der Waals surface area contributed by atoms with Crippen molar-refractivity contribution in [3.8, 4) is 0 Å². The molecule has 1 aromatic carbocycles. The minimum Gasteiger partial charge on any atom is -0.378 e. The zero-order valence-corrected chi connectivity index (χ0v) is 16.5. The van der Waals surface area contributed by atoms with Crippen LogP contribution in [0.25, 0.3) is 17.0 Å². The molecule has 2 aromatic rings. The summed E-state index contributed by atoms with van der Waals surface area (Å²) in [5, 5.41) is 8.85. The number of hydrogen-bond donors (Lipinski definition) is 1. The van der Waals surface area contributed by atoms with Crippen LogP contribution < -0.4 is 4.90 Å². The maximum Gasteiger partial charge on any atom is 0.273 e. The first-order valence-corrected chi connectivity index (χ1v) is 9.83. The van der Waals surface area contributed by atoms with E-state index in [1.54, 1.807) is 6.08 Å². The lowest BCUT2D eigenvalue weighted by molar-refractivity contribution is -0.135. The lowest BCUT2D eigenvalue weighted by Gasteiger charge is -2.29. The number of amides is 2. The summed E-state index contributed by atoms with van der Waals surface area (Å²) < 4.78 is 5.46. The predicted molar refractivity (Wildman–Crippen MR) is 110 cm³/mol. The first-order valence-electron chi connectivity index (χ1n) is 9.02. The third kappa shape index (κ3) is 3.29. The summed E-state index contributed by atoms with van der Waals surface area (Å²) in [5.74, 6) is -0.120. The summed E-state index contributed by atoms with van der Waals surface area (Å²) in [5.41, 5.74) is 2.81. The van der Waals surface area contributed by atoms with Gasteiger partial charge in [-0.15, -0.1) is 0 Å². The van der Waals surface area contributed by atoms with Crippen LogP contribution in [0.4, 0.5) is 5.82 Å². The fourth-order valence-corrected chi connectivity index (χ4v) is 4.28. The average Bonchev–Trinajstić information content (AvgIpc) is 2.95. The Bertz CT molecular complexity index is 1030. The molecule has 3 heterocycles. The molecule has 2 fully saturated rings. The molecule has 0 unspecified atom stereocenters. The fourth-order valence-electron chi connectivity index (χ4n) is 3.40. The molecule has 8 heteroatoms. The SMILES string of the molecule is CC(=O)N1C(=N)S/C(=C/c2cc3cccc(C)c3nc2N2CCOCC2)C1=O. The van der Waals surface area contributed by atoms with Gasteiger partial charge in [-0.2, -0.15) is 0 Å². The number of hydrogen-bond acceptors (Lipinski definition) is 7. The van der Waals surface area contributed by atoms with Gasteiger partial charge >= 0.3 is 0 Å². The second-order valence-corrected chi connectivity index (χ2v) is 7.75. The van der Waals surface area contributed by atoms with Crippen molar-refractivity contribution in [3.05, 3.63) is 40.3 Å². The van der Waals surface area contributed by atoms with E-state index in [9.17, 15) is 9.59 Å². The number of nitrogens with one attached hydrogen (secondary N) is 1. The van der Waals surface area contributed by atoms with Gasteiger partial charge < -0.3 is 9.64 Å². The van der Waals surface area contributed by atoms with Crippen LogP contribution in [-0.4, -0.2) is 53.2 Å². The van der Waals surface area contributed by atoms with Gasteiger partial charge in [0, 0.05) is 31.0 Å². The molecule has 0 bridgehead atoms. The standard InChI is InChI=1S/C20H20N4O3S/c1-12-4-3-5-14-10-15(11-16-19(26)24(13(2)25)20(21)28-16)18(22-17(12)14)23-6-8-27-9-7-23/h3-5,10-11,21H,6-9H2,1-2H3/b16-11+,21-20?. The van der Waals surface area contributed by atoms with Crippen LogP contribution in [0.15, 0.2) is 29.2 Å². The topological polar surface area (TPSA) is 86.6 Å². The predicted octanol–water partition coefficient (Wildman–Crippen LogP) is 2.78. The van der Waals surface area contributed by atoms with E-state index < -0.39 is 11.8 Å². The highest BCUT2D eigenvalue weighted by Gasteiger charge is 2.35. The molecule has 2 aliphatic rings. The van der Waals surface area contributed by atoms with Crippen LogP contribution in [0.5, 0.6) is 0 Å². The Morgan fingerprint density at radius 2 is 2.07 bits per heavy atom. The summed E-state index contributed by atoms with van der Waals surface area (Å²) in [6.45, 7) is 6.00. The zero-order chi connectivity index (χ0) is 19.8. The van der Waals surface area contributed by atoms with Crippen LogP contribution in [0.2, 0.25) is 0 Å². The van der Waals surface area contributed by atoms with Gasteiger partial charge in [0.2, 0.25) is 5.91 Å². The molecule has 28 heavy (non-hydrogen) atoms. The van der Waals surface area contributed by atoms with Gasteiger partial charge in [0.1, 0.15) is 5.82 Å². The van der Waals surface area contributed by atoms with Crippen molar-refractivity contribution in [2.24, 2.45) is 0 Å². The van der Waals surface area contributed by atoms with Crippen molar-refractivity contribution in [2.75, 3.05) is 31.2 Å². The van der Waals surface area contributed by atoms with Crippen molar-refractivity contribution in [3.63, 3.8) is 0 Å². The summed E-state index contributed by atoms with van der Waals surface area (Å²) >= 11 is 0.998. The van der Waals surface area contributed by atoms with Gasteiger partial charge in [0.25, 0.3) is 5.91 Å². The van der Waals surface area contributed by atoms with E-state index in [1.165, 1.54) is 6.92 Å². The number of carbonyl (C=O) groups excluding carboxylic acids is 2. The molecule has 2 saturated heterocycles. The summed E-state index contributed by atoms with van der Waals surface area (Å²) in [6, 6.07) is 8.02. The number of imide groups is 1. The quantitative estimate of drug-likeness (QED) is 0.786. The number of amidine groups is 1. The van der Waals surface area contributed by atoms with E-state index in [0.29, 0.717) is 18.1 Å². The number of thioether (sulfide) groups is 1. The van der Waals surface area contributed by atoms with Gasteiger partial charge in [-0.05, 0) is 36.4 Å². The van der Waals surface area contributed by atoms with Gasteiger partial charge in [0.05, 0.1) is 23.6 Å². The number of para-hydroxylation sites is 1. The van der Waals surface area contributed by atoms with E-state index >= 15 is 0 Å². The second-order valence-electron chi connectivity index (χ2n) is 6.72. The number of morpholine rings is 1. The first-order chi connectivity index (χ1) is 13.5. The molecule has 2 aliphatic heterocycles. The summed E-state index contributed by atoms with van der Waals surface area (Å²) in [6.07, 6.45) is 1.74. The molecular weight excluding hydrogens is 376 g/mol. The lowest BCUT2D eigenvalue weighted by Crippen LogP contribution is -2.37. The Morgan fingerprint density at radius 3 is 2.75 bits per heavy atom. The average molecular weight is 396 g/mol. The van der Waals surface area contributed by atoms with Crippen LogP contribution >= 0.6 is 11.8 Å². The maximum absolute atomic E-state index is 12.6. The third-order valence-electron chi connectivity index (χ3n) is 4.79. The number of nitrogens with zero attached hydrogens (tertiary/aromatic N) is 3. The van der Waals surface area contributed by atoms with E-state index in [2.05, 4.69) is 4.90 Å². The Morgan fingerprint density at radius 1 is 1.32 bits per heavy atom. The number of fused-ring (bicyclic) bond motifs is 1. The van der Waals surface area contributed by atoms with Crippen molar-refractivity contribution < 1.29 is 14.3 Å². The number of ether oxygens (including phenoxy) is 1. The number of benzene rings is 1. The number of carbonyl (C=O) groups is 2. The van der Waals surface area contributed by atoms with Crippen LogP contribution in [0.1, 0.15) is 18.1 Å². The number of anilines is 1. The molecule has 0 saturated carbocycles. The van der Waals surface area contributed by atoms with Crippen molar-refractivity contribution in [2.45, 2.75) is 13.8 Å². The highest BCUT2D eigenvalue weighted by atomic mass is 32.2.